The van der Waals surface area contributed by atoms with Crippen molar-refractivity contribution >= 4 is 22.7 Å². The van der Waals surface area contributed by atoms with Crippen LogP contribution in [-0.2, 0) is 45.9 Å². The molecule has 0 spiro atoms. The van der Waals surface area contributed by atoms with Crippen LogP contribution in [-0.4, -0.2) is 0 Å². The molecule has 2 aromatic heterocycles. The highest BCUT2D eigenvalue weighted by atomic mass is 15.3. The van der Waals surface area contributed by atoms with Crippen molar-refractivity contribution in [2.45, 2.75) is 45.8 Å². The first-order valence-corrected chi connectivity index (χ1v) is 16.4. The largest absolute Gasteiger partial charge is 0.334 e. The zero-order valence-corrected chi connectivity index (χ0v) is 26.9. The van der Waals surface area contributed by atoms with Gasteiger partial charge in [0.15, 0.2) is 31.3 Å². The number of anilines is 4. The molecule has 7 rings (SSSR count). The zero-order chi connectivity index (χ0) is 31.3. The van der Waals surface area contributed by atoms with Gasteiger partial charge in [-0.2, -0.15) is 0 Å². The second kappa shape index (κ2) is 13.4. The van der Waals surface area contributed by atoms with Gasteiger partial charge in [0.05, 0.1) is 22.7 Å². The Bertz CT molecular complexity index is 1850. The summed E-state index contributed by atoms with van der Waals surface area (Å²) in [5.74, 6) is 0. The molecule has 0 saturated carbocycles. The van der Waals surface area contributed by atoms with E-state index >= 15 is 0 Å². The minimum absolute atomic E-state index is 0.814. The predicted molar refractivity (Wildman–Crippen MR) is 188 cm³/mol. The minimum Gasteiger partial charge on any atom is -0.334 e. The van der Waals surface area contributed by atoms with E-state index in [1.807, 2.05) is 0 Å². The van der Waals surface area contributed by atoms with Crippen LogP contribution in [0.1, 0.15) is 40.3 Å². The lowest BCUT2D eigenvalue weighted by atomic mass is 10.0. The molecule has 1 aliphatic heterocycles. The molecular weight excluding hydrogens is 560 g/mol. The summed E-state index contributed by atoms with van der Waals surface area (Å²) in [5, 5.41) is 0. The Morgan fingerprint density at radius 3 is 1.26 bits per heavy atom. The Hall–Kier alpha value is -5.22. The fourth-order valence-electron chi connectivity index (χ4n) is 6.40. The summed E-state index contributed by atoms with van der Waals surface area (Å²) in [6, 6.07) is 44.8. The molecule has 6 aromatic rings. The monoisotopic (exact) mass is 602 g/mol. The smallest absolute Gasteiger partial charge is 0.173 e. The van der Waals surface area contributed by atoms with E-state index in [2.05, 4.69) is 179 Å². The molecule has 0 N–H and O–H groups in total. The fourth-order valence-corrected chi connectivity index (χ4v) is 6.40. The molecule has 4 nitrogen and oxygen atoms in total. The average Bonchev–Trinajstić information content (AvgIpc) is 3.11. The van der Waals surface area contributed by atoms with Gasteiger partial charge in [0, 0.05) is 42.9 Å². The van der Waals surface area contributed by atoms with Gasteiger partial charge in [-0.1, -0.05) is 79.7 Å². The Morgan fingerprint density at radius 1 is 0.435 bits per heavy atom. The van der Waals surface area contributed by atoms with Gasteiger partial charge in [-0.15, -0.1) is 0 Å². The molecule has 0 aliphatic carbocycles. The number of para-hydroxylation sites is 4. The van der Waals surface area contributed by atoms with Gasteiger partial charge in [0.1, 0.15) is 7.05 Å². The van der Waals surface area contributed by atoms with Gasteiger partial charge < -0.3 is 9.80 Å². The first-order valence-electron chi connectivity index (χ1n) is 16.4. The highest BCUT2D eigenvalue weighted by Gasteiger charge is 2.28. The molecule has 0 saturated heterocycles. The van der Waals surface area contributed by atoms with Crippen molar-refractivity contribution in [2.75, 3.05) is 9.80 Å². The third-order valence-electron chi connectivity index (χ3n) is 9.14. The molecule has 0 fully saturated rings. The van der Waals surface area contributed by atoms with E-state index in [1.54, 1.807) is 0 Å². The summed E-state index contributed by atoms with van der Waals surface area (Å²) in [6.45, 7) is 4.72. The van der Waals surface area contributed by atoms with E-state index in [0.29, 0.717) is 0 Å². The number of aromatic nitrogens is 2. The van der Waals surface area contributed by atoms with E-state index in [0.717, 1.165) is 38.9 Å². The minimum atomic E-state index is 0.814. The third kappa shape index (κ3) is 6.57. The van der Waals surface area contributed by atoms with Crippen LogP contribution in [0, 0.1) is 0 Å². The number of fused-ring (bicyclic) bond motifs is 2. The zero-order valence-electron chi connectivity index (χ0n) is 26.9. The van der Waals surface area contributed by atoms with E-state index in [1.165, 1.54) is 56.1 Å². The van der Waals surface area contributed by atoms with Crippen LogP contribution in [0.5, 0.6) is 0 Å². The lowest BCUT2D eigenvalue weighted by Crippen LogP contribution is -2.33. The Morgan fingerprint density at radius 2 is 0.826 bits per heavy atom. The molecule has 3 heterocycles. The van der Waals surface area contributed by atoms with Gasteiger partial charge in [0.2, 0.25) is 0 Å². The van der Waals surface area contributed by atoms with Gasteiger partial charge >= 0.3 is 0 Å². The van der Waals surface area contributed by atoms with E-state index in [-0.39, 0.29) is 0 Å². The second-order valence-corrected chi connectivity index (χ2v) is 12.4. The number of aryl methyl sites for hydroxylation is 4. The fraction of sp³-hybridized carbons (Fsp3) is 0.190. The molecule has 0 amide bonds. The molecule has 0 radical (unpaired) electrons. The van der Waals surface area contributed by atoms with Crippen LogP contribution in [0.4, 0.5) is 22.7 Å². The van der Waals surface area contributed by atoms with Gasteiger partial charge in [0.25, 0.3) is 0 Å². The molecule has 4 aromatic carbocycles. The molecule has 0 unspecified atom stereocenters. The number of rotatable bonds is 10. The van der Waals surface area contributed by atoms with Crippen molar-refractivity contribution in [3.8, 4) is 0 Å². The molecular formula is C42H42N4+2. The molecule has 4 heteroatoms. The summed E-state index contributed by atoms with van der Waals surface area (Å²) >= 11 is 0. The molecule has 228 valence electrons. The highest BCUT2D eigenvalue weighted by Crippen LogP contribution is 2.48. The van der Waals surface area contributed by atoms with Crippen molar-refractivity contribution in [3.63, 3.8) is 0 Å². The van der Waals surface area contributed by atoms with Gasteiger partial charge in [-0.05, 0) is 71.3 Å². The van der Waals surface area contributed by atoms with Crippen LogP contribution in [0.15, 0.2) is 146 Å². The van der Waals surface area contributed by atoms with Crippen LogP contribution < -0.4 is 18.9 Å². The topological polar surface area (TPSA) is 14.2 Å². The van der Waals surface area contributed by atoms with Gasteiger partial charge in [-0.25, -0.2) is 9.13 Å². The molecule has 46 heavy (non-hydrogen) atoms. The van der Waals surface area contributed by atoms with Crippen molar-refractivity contribution < 1.29 is 9.13 Å². The van der Waals surface area contributed by atoms with Crippen LogP contribution >= 0.6 is 0 Å². The van der Waals surface area contributed by atoms with Crippen LogP contribution in [0.25, 0.3) is 0 Å². The predicted octanol–water partition coefficient (Wildman–Crippen LogP) is 8.18. The van der Waals surface area contributed by atoms with Crippen molar-refractivity contribution in [3.05, 3.63) is 179 Å². The first-order chi connectivity index (χ1) is 22.6. The average molecular weight is 603 g/mol. The number of benzene rings is 4. The number of pyridine rings is 2. The van der Waals surface area contributed by atoms with E-state index in [4.69, 9.17) is 0 Å². The summed E-state index contributed by atoms with van der Waals surface area (Å²) < 4.78 is 4.34. The number of hydrogen-bond donors (Lipinski definition) is 0. The maximum atomic E-state index is 2.47. The number of nitrogens with zero attached hydrogens (tertiary/aromatic N) is 4. The van der Waals surface area contributed by atoms with Crippen LogP contribution in [0.2, 0.25) is 0 Å². The number of hydrogen-bond acceptors (Lipinski definition) is 2. The summed E-state index contributed by atoms with van der Waals surface area (Å²) in [6.07, 6.45) is 11.8. The standard InChI is InChI=1S/C42H42N4/c1-3-33-12-16-37(17-13-33)31-45-39-8-4-6-10-41(39)46(42-11-7-5-9-40(42)45)32-38-20-18-36(19-21-38)30-44-28-24-35(25-29-44)15-14-34-22-26-43(2)27-23-34/h4-13,16-29H,3,14-15,30-32H2,1-2H3/q+2. The summed E-state index contributed by atoms with van der Waals surface area (Å²) in [5.41, 5.74) is 13.0. The third-order valence-corrected chi connectivity index (χ3v) is 9.14. The Labute approximate surface area is 273 Å². The van der Waals surface area contributed by atoms with E-state index in [9.17, 15) is 0 Å². The molecule has 1 aliphatic rings. The maximum Gasteiger partial charge on any atom is 0.173 e. The normalized spacial score (nSPS) is 12.1. The highest BCUT2D eigenvalue weighted by molar-refractivity contribution is 5.93. The Balaban J connectivity index is 1.05. The lowest BCUT2D eigenvalue weighted by molar-refractivity contribution is -0.688. The van der Waals surface area contributed by atoms with E-state index < -0.39 is 0 Å². The van der Waals surface area contributed by atoms with Crippen molar-refractivity contribution in [1.82, 2.24) is 0 Å². The Kier molecular flexibility index (Phi) is 8.60. The maximum absolute atomic E-state index is 2.47. The first kappa shape index (κ1) is 29.5. The van der Waals surface area contributed by atoms with Gasteiger partial charge in [-0.3, -0.25) is 0 Å². The van der Waals surface area contributed by atoms with Crippen molar-refractivity contribution in [1.29, 1.82) is 0 Å². The lowest BCUT2D eigenvalue weighted by Gasteiger charge is -2.40. The molecule has 0 bridgehead atoms. The summed E-state index contributed by atoms with van der Waals surface area (Å²) in [7, 11) is 2.06. The second-order valence-electron chi connectivity index (χ2n) is 12.4. The SMILES string of the molecule is CCc1ccc(CN2c3ccccc3N(Cc3ccc(C[n+]4ccc(CCc5cc[n+](C)cc5)cc4)cc3)c3ccccc32)cc1. The molecule has 0 atom stereocenters. The van der Waals surface area contributed by atoms with Crippen molar-refractivity contribution in [2.24, 2.45) is 7.05 Å². The van der Waals surface area contributed by atoms with Crippen LogP contribution in [0.3, 0.4) is 0 Å². The summed E-state index contributed by atoms with van der Waals surface area (Å²) in [4.78, 5) is 4.94. The quantitative estimate of drug-likeness (QED) is 0.147.